The van der Waals surface area contributed by atoms with Crippen LogP contribution in [0.5, 0.6) is 0 Å². The first kappa shape index (κ1) is 10.0. The smallest absolute Gasteiger partial charge is 0.0268 e. The lowest BCUT2D eigenvalue weighted by atomic mass is 10.1. The van der Waals surface area contributed by atoms with Gasteiger partial charge in [-0.2, -0.15) is 0 Å². The van der Waals surface area contributed by atoms with Crippen LogP contribution in [-0.4, -0.2) is 0 Å². The average Bonchev–Trinajstić information content (AvgIpc) is 2.65. The van der Waals surface area contributed by atoms with Gasteiger partial charge in [0, 0.05) is 0 Å². The van der Waals surface area contributed by atoms with Crippen LogP contribution in [0.15, 0.2) is 48.1 Å². The monoisotopic (exact) mass is 174 g/mol. The molecule has 0 heterocycles. The Morgan fingerprint density at radius 3 is 2.46 bits per heavy atom. The van der Waals surface area contributed by atoms with E-state index in [9.17, 15) is 0 Å². The second-order valence-corrected chi connectivity index (χ2v) is 3.36. The standard InChI is InChI=1S/C13H18/c1-3-5-9-12(8-4-2)13-10-6-7-11-13/h3-5,8-9H,1,6-7,10-11H2,2H3/b8-4+,9-5-. The van der Waals surface area contributed by atoms with Crippen LogP contribution in [0.3, 0.4) is 0 Å². The summed E-state index contributed by atoms with van der Waals surface area (Å²) in [5, 5.41) is 0. The fourth-order valence-corrected chi connectivity index (χ4v) is 1.73. The van der Waals surface area contributed by atoms with Crippen molar-refractivity contribution in [2.45, 2.75) is 32.6 Å². The summed E-state index contributed by atoms with van der Waals surface area (Å²) < 4.78 is 0. The third-order valence-electron chi connectivity index (χ3n) is 2.37. The van der Waals surface area contributed by atoms with Crippen molar-refractivity contribution in [2.24, 2.45) is 0 Å². The molecule has 1 fully saturated rings. The van der Waals surface area contributed by atoms with E-state index in [4.69, 9.17) is 0 Å². The fourth-order valence-electron chi connectivity index (χ4n) is 1.73. The first-order valence-electron chi connectivity index (χ1n) is 5.02. The third-order valence-corrected chi connectivity index (χ3v) is 2.37. The molecule has 0 N–H and O–H groups in total. The summed E-state index contributed by atoms with van der Waals surface area (Å²) in [6.45, 7) is 5.75. The van der Waals surface area contributed by atoms with Gasteiger partial charge in [0.05, 0.1) is 0 Å². The predicted molar refractivity (Wildman–Crippen MR) is 59.6 cm³/mol. The van der Waals surface area contributed by atoms with Gasteiger partial charge in [0.15, 0.2) is 0 Å². The lowest BCUT2D eigenvalue weighted by Gasteiger charge is -2.00. The van der Waals surface area contributed by atoms with Gasteiger partial charge in [0.1, 0.15) is 0 Å². The maximum Gasteiger partial charge on any atom is -0.0268 e. The molecule has 1 aliphatic rings. The Kier molecular flexibility index (Phi) is 4.31. The summed E-state index contributed by atoms with van der Waals surface area (Å²) in [7, 11) is 0. The molecule has 1 saturated carbocycles. The van der Waals surface area contributed by atoms with Crippen LogP contribution >= 0.6 is 0 Å². The van der Waals surface area contributed by atoms with Crippen LogP contribution in [0.4, 0.5) is 0 Å². The predicted octanol–water partition coefficient (Wildman–Crippen LogP) is 4.18. The fraction of sp³-hybridized carbons (Fsp3) is 0.385. The first-order chi connectivity index (χ1) is 6.38. The highest BCUT2D eigenvalue weighted by Crippen LogP contribution is 2.28. The molecule has 0 atom stereocenters. The molecule has 0 aliphatic heterocycles. The Hall–Kier alpha value is -1.04. The number of allylic oxidation sites excluding steroid dienone is 7. The Morgan fingerprint density at radius 1 is 1.23 bits per heavy atom. The molecular weight excluding hydrogens is 156 g/mol. The molecule has 13 heavy (non-hydrogen) atoms. The van der Waals surface area contributed by atoms with Crippen molar-refractivity contribution in [2.75, 3.05) is 0 Å². The zero-order valence-electron chi connectivity index (χ0n) is 8.42. The normalized spacial score (nSPS) is 17.5. The van der Waals surface area contributed by atoms with Crippen molar-refractivity contribution in [3.05, 3.63) is 48.1 Å². The van der Waals surface area contributed by atoms with Crippen molar-refractivity contribution >= 4 is 0 Å². The van der Waals surface area contributed by atoms with E-state index >= 15 is 0 Å². The van der Waals surface area contributed by atoms with Crippen LogP contribution in [0.2, 0.25) is 0 Å². The van der Waals surface area contributed by atoms with E-state index in [1.165, 1.54) is 31.3 Å². The van der Waals surface area contributed by atoms with Crippen LogP contribution in [0, 0.1) is 0 Å². The van der Waals surface area contributed by atoms with Gasteiger partial charge in [-0.05, 0) is 38.2 Å². The summed E-state index contributed by atoms with van der Waals surface area (Å²) in [6.07, 6.45) is 15.6. The molecule has 0 radical (unpaired) electrons. The van der Waals surface area contributed by atoms with Gasteiger partial charge in [-0.1, -0.05) is 42.5 Å². The summed E-state index contributed by atoms with van der Waals surface area (Å²) in [5.74, 6) is 0. The molecule has 0 aromatic heterocycles. The number of rotatable bonds is 3. The molecule has 70 valence electrons. The van der Waals surface area contributed by atoms with Crippen LogP contribution in [0.25, 0.3) is 0 Å². The third kappa shape index (κ3) is 3.06. The van der Waals surface area contributed by atoms with Gasteiger partial charge in [0.25, 0.3) is 0 Å². The average molecular weight is 174 g/mol. The Balaban J connectivity index is 2.81. The highest BCUT2D eigenvalue weighted by molar-refractivity contribution is 5.37. The molecule has 0 spiro atoms. The van der Waals surface area contributed by atoms with E-state index in [0.29, 0.717) is 0 Å². The van der Waals surface area contributed by atoms with E-state index in [-0.39, 0.29) is 0 Å². The molecule has 0 nitrogen and oxygen atoms in total. The van der Waals surface area contributed by atoms with Crippen LogP contribution in [-0.2, 0) is 0 Å². The SMILES string of the molecule is C=C/C=C\C(/C=C/C)=C1CCCC1. The molecule has 0 bridgehead atoms. The molecule has 0 amide bonds. The molecule has 0 aromatic carbocycles. The quantitative estimate of drug-likeness (QED) is 0.563. The van der Waals surface area contributed by atoms with Gasteiger partial charge in [-0.3, -0.25) is 0 Å². The zero-order valence-corrected chi connectivity index (χ0v) is 8.42. The summed E-state index contributed by atoms with van der Waals surface area (Å²) in [5.41, 5.74) is 3.00. The molecule has 0 saturated heterocycles. The highest BCUT2D eigenvalue weighted by Gasteiger charge is 2.08. The van der Waals surface area contributed by atoms with Gasteiger partial charge >= 0.3 is 0 Å². The minimum Gasteiger partial charge on any atom is -0.0991 e. The number of hydrogen-bond donors (Lipinski definition) is 0. The lowest BCUT2D eigenvalue weighted by Crippen LogP contribution is -1.80. The summed E-state index contributed by atoms with van der Waals surface area (Å²) >= 11 is 0. The number of hydrogen-bond acceptors (Lipinski definition) is 0. The van der Waals surface area contributed by atoms with Crippen molar-refractivity contribution in [1.29, 1.82) is 0 Å². The Morgan fingerprint density at radius 2 is 1.92 bits per heavy atom. The Bertz CT molecular complexity index is 243. The van der Waals surface area contributed by atoms with Gasteiger partial charge in [-0.15, -0.1) is 0 Å². The molecular formula is C13H18. The summed E-state index contributed by atoms with van der Waals surface area (Å²) in [6, 6.07) is 0. The maximum absolute atomic E-state index is 3.69. The lowest BCUT2D eigenvalue weighted by molar-refractivity contribution is 0.886. The van der Waals surface area contributed by atoms with E-state index < -0.39 is 0 Å². The first-order valence-corrected chi connectivity index (χ1v) is 5.02. The van der Waals surface area contributed by atoms with Gasteiger partial charge < -0.3 is 0 Å². The molecule has 1 aliphatic carbocycles. The Labute approximate surface area is 81.4 Å². The van der Waals surface area contributed by atoms with E-state index in [1.807, 2.05) is 12.2 Å². The van der Waals surface area contributed by atoms with Crippen molar-refractivity contribution in [3.8, 4) is 0 Å². The maximum atomic E-state index is 3.69. The highest BCUT2D eigenvalue weighted by atomic mass is 14.1. The largest absolute Gasteiger partial charge is 0.0991 e. The zero-order chi connectivity index (χ0) is 9.52. The van der Waals surface area contributed by atoms with Crippen molar-refractivity contribution in [3.63, 3.8) is 0 Å². The van der Waals surface area contributed by atoms with Gasteiger partial charge in [0.2, 0.25) is 0 Å². The van der Waals surface area contributed by atoms with E-state index in [0.717, 1.165) is 0 Å². The van der Waals surface area contributed by atoms with Crippen LogP contribution < -0.4 is 0 Å². The topological polar surface area (TPSA) is 0 Å². The second kappa shape index (κ2) is 5.58. The van der Waals surface area contributed by atoms with Crippen molar-refractivity contribution in [1.82, 2.24) is 0 Å². The molecule has 0 aromatic rings. The van der Waals surface area contributed by atoms with Gasteiger partial charge in [-0.25, -0.2) is 0 Å². The molecule has 0 heteroatoms. The van der Waals surface area contributed by atoms with Crippen molar-refractivity contribution < 1.29 is 0 Å². The van der Waals surface area contributed by atoms with Crippen LogP contribution in [0.1, 0.15) is 32.6 Å². The molecule has 0 unspecified atom stereocenters. The summed E-state index contributed by atoms with van der Waals surface area (Å²) in [4.78, 5) is 0. The minimum absolute atomic E-state index is 1.28. The minimum atomic E-state index is 1.28. The second-order valence-electron chi connectivity index (χ2n) is 3.36. The van der Waals surface area contributed by atoms with E-state index in [2.05, 4.69) is 31.7 Å². The van der Waals surface area contributed by atoms with E-state index in [1.54, 1.807) is 5.57 Å². The molecule has 1 rings (SSSR count).